The summed E-state index contributed by atoms with van der Waals surface area (Å²) in [5, 5.41) is 4.56. The third-order valence-electron chi connectivity index (χ3n) is 6.06. The topological polar surface area (TPSA) is 32.7 Å². The zero-order valence-electron chi connectivity index (χ0n) is 14.0. The summed E-state index contributed by atoms with van der Waals surface area (Å²) in [7, 11) is 0. The van der Waals surface area contributed by atoms with Gasteiger partial charge in [-0.15, -0.1) is 0 Å². The van der Waals surface area contributed by atoms with Gasteiger partial charge in [-0.25, -0.2) is 0 Å². The molecule has 27 heavy (non-hydrogen) atoms. The average Bonchev–Trinajstić information content (AvgIpc) is 3.22. The highest BCUT2D eigenvalue weighted by molar-refractivity contribution is 6.20. The van der Waals surface area contributed by atoms with E-state index in [1.165, 1.54) is 30.3 Å². The van der Waals surface area contributed by atoms with Gasteiger partial charge in [0.05, 0.1) is 11.4 Å². The van der Waals surface area contributed by atoms with Gasteiger partial charge in [-0.3, -0.25) is 4.79 Å². The van der Waals surface area contributed by atoms with E-state index in [-0.39, 0.29) is 12.1 Å². The van der Waals surface area contributed by atoms with Gasteiger partial charge in [0.25, 0.3) is 5.91 Å². The number of rotatable bonds is 1. The van der Waals surface area contributed by atoms with Crippen LogP contribution in [0.2, 0.25) is 0 Å². The van der Waals surface area contributed by atoms with Crippen LogP contribution in [0.15, 0.2) is 47.6 Å². The maximum absolute atomic E-state index is 14.2. The number of carbonyl (C=O) groups excluding carboxylic acids is 1. The Hall–Kier alpha value is -2.32. The predicted octanol–water partition coefficient (Wildman–Crippen LogP) is 4.71. The van der Waals surface area contributed by atoms with Crippen LogP contribution >= 0.6 is 0 Å². The second-order valence-electron chi connectivity index (χ2n) is 7.08. The maximum atomic E-state index is 14.2. The van der Waals surface area contributed by atoms with Crippen molar-refractivity contribution >= 4 is 17.3 Å². The third-order valence-corrected chi connectivity index (χ3v) is 6.06. The van der Waals surface area contributed by atoms with E-state index in [2.05, 4.69) is 5.10 Å². The zero-order chi connectivity index (χ0) is 19.8. The van der Waals surface area contributed by atoms with Gasteiger partial charge in [0.1, 0.15) is 5.41 Å². The Labute approximate surface area is 150 Å². The summed E-state index contributed by atoms with van der Waals surface area (Å²) in [6.07, 6.45) is -9.49. The number of hydrogen-bond acceptors (Lipinski definition) is 2. The monoisotopic (exact) mass is 388 g/mol. The molecule has 4 rings (SSSR count). The number of anilines is 1. The fraction of sp³-hybridized carbons (Fsp3) is 0.444. The molecule has 1 aliphatic heterocycles. The molecule has 1 fully saturated rings. The Morgan fingerprint density at radius 3 is 2.11 bits per heavy atom. The molecule has 1 heterocycles. The second-order valence-corrected chi connectivity index (χ2v) is 7.08. The maximum Gasteiger partial charge on any atom is 0.405 e. The second kappa shape index (κ2) is 5.14. The van der Waals surface area contributed by atoms with Gasteiger partial charge >= 0.3 is 12.4 Å². The Morgan fingerprint density at radius 2 is 1.56 bits per heavy atom. The number of nitrogens with zero attached hydrogens (tertiary/aromatic N) is 2. The third kappa shape index (κ3) is 1.84. The van der Waals surface area contributed by atoms with E-state index in [1.54, 1.807) is 6.07 Å². The van der Waals surface area contributed by atoms with Crippen LogP contribution in [0.5, 0.6) is 0 Å². The quantitative estimate of drug-likeness (QED) is 0.507. The number of hydrogen-bond donors (Lipinski definition) is 0. The largest absolute Gasteiger partial charge is 0.405 e. The Balaban J connectivity index is 2.00. The molecule has 1 amide bonds. The van der Waals surface area contributed by atoms with E-state index in [9.17, 15) is 31.1 Å². The molecule has 1 saturated carbocycles. The van der Waals surface area contributed by atoms with E-state index in [0.29, 0.717) is 5.01 Å². The molecule has 0 aromatic heterocycles. The molecule has 9 heteroatoms. The summed E-state index contributed by atoms with van der Waals surface area (Å²) in [6.45, 7) is 1.08. The van der Waals surface area contributed by atoms with Crippen LogP contribution < -0.4 is 5.01 Å². The molecule has 1 spiro atoms. The first-order chi connectivity index (χ1) is 12.5. The van der Waals surface area contributed by atoms with Crippen LogP contribution in [0.4, 0.5) is 32.0 Å². The number of para-hydroxylation sites is 1. The smallest absolute Gasteiger partial charge is 0.271 e. The van der Waals surface area contributed by atoms with Crippen molar-refractivity contribution in [1.82, 2.24) is 0 Å². The van der Waals surface area contributed by atoms with Crippen LogP contribution in [-0.4, -0.2) is 24.0 Å². The molecule has 3 aliphatic rings. The van der Waals surface area contributed by atoms with Crippen LogP contribution in [0.3, 0.4) is 0 Å². The summed E-state index contributed by atoms with van der Waals surface area (Å²) in [4.78, 5) is 13.2. The minimum absolute atomic E-state index is 0.128. The summed E-state index contributed by atoms with van der Waals surface area (Å²) < 4.78 is 85.0. The van der Waals surface area contributed by atoms with Gasteiger partial charge in [-0.1, -0.05) is 30.4 Å². The number of amides is 1. The van der Waals surface area contributed by atoms with E-state index in [1.807, 2.05) is 0 Å². The number of fused-ring (bicyclic) bond motifs is 3. The van der Waals surface area contributed by atoms with Gasteiger partial charge in [-0.05, 0) is 31.4 Å². The zero-order valence-corrected chi connectivity index (χ0v) is 14.0. The van der Waals surface area contributed by atoms with Crippen molar-refractivity contribution in [2.24, 2.45) is 27.8 Å². The van der Waals surface area contributed by atoms with Gasteiger partial charge in [0, 0.05) is 5.92 Å². The van der Waals surface area contributed by atoms with Crippen LogP contribution in [0.25, 0.3) is 0 Å². The van der Waals surface area contributed by atoms with E-state index in [0.717, 1.165) is 13.0 Å². The highest BCUT2D eigenvalue weighted by atomic mass is 19.4. The van der Waals surface area contributed by atoms with Crippen molar-refractivity contribution in [2.45, 2.75) is 25.7 Å². The van der Waals surface area contributed by atoms with E-state index < -0.39 is 46.6 Å². The number of alkyl halides is 6. The van der Waals surface area contributed by atoms with Crippen molar-refractivity contribution in [3.05, 3.63) is 42.5 Å². The lowest BCUT2D eigenvalue weighted by atomic mass is 9.54. The van der Waals surface area contributed by atoms with Gasteiger partial charge in [0.15, 0.2) is 5.41 Å². The number of halogens is 6. The minimum Gasteiger partial charge on any atom is -0.271 e. The Kier molecular flexibility index (Phi) is 3.44. The van der Waals surface area contributed by atoms with E-state index in [4.69, 9.17) is 0 Å². The molecule has 2 bridgehead atoms. The summed E-state index contributed by atoms with van der Waals surface area (Å²) in [5.74, 6) is -4.35. The fourth-order valence-electron chi connectivity index (χ4n) is 5.18. The normalized spacial score (nSPS) is 31.9. The van der Waals surface area contributed by atoms with Gasteiger partial charge in [-0.2, -0.15) is 36.5 Å². The number of benzene rings is 1. The molecule has 0 unspecified atom stereocenters. The first-order valence-corrected chi connectivity index (χ1v) is 8.26. The van der Waals surface area contributed by atoms with E-state index >= 15 is 0 Å². The summed E-state index contributed by atoms with van der Waals surface area (Å²) in [5.41, 5.74) is -7.34. The summed E-state index contributed by atoms with van der Waals surface area (Å²) >= 11 is 0. The SMILES string of the molecule is CC1=NN(c2ccccc2)C(=O)[C@@]12[C@H]1C=C[C@@H](C1)C2(C(F)(F)F)C(F)(F)F. The molecule has 144 valence electrons. The van der Waals surface area contributed by atoms with Crippen molar-refractivity contribution in [3.8, 4) is 0 Å². The fourth-order valence-corrected chi connectivity index (χ4v) is 5.18. The van der Waals surface area contributed by atoms with Gasteiger partial charge < -0.3 is 0 Å². The molecule has 0 saturated heterocycles. The lowest BCUT2D eigenvalue weighted by Gasteiger charge is -2.49. The molecule has 3 nitrogen and oxygen atoms in total. The van der Waals surface area contributed by atoms with Crippen molar-refractivity contribution in [3.63, 3.8) is 0 Å². The highest BCUT2D eigenvalue weighted by Crippen LogP contribution is 2.76. The Bertz CT molecular complexity index is 843. The molecular weight excluding hydrogens is 374 g/mol. The molecule has 1 aromatic carbocycles. The number of hydrazone groups is 1. The Morgan fingerprint density at radius 1 is 1.00 bits per heavy atom. The van der Waals surface area contributed by atoms with Crippen LogP contribution in [0.1, 0.15) is 13.3 Å². The van der Waals surface area contributed by atoms with Crippen molar-refractivity contribution < 1.29 is 31.1 Å². The lowest BCUT2D eigenvalue weighted by molar-refractivity contribution is -0.368. The molecule has 1 aromatic rings. The number of allylic oxidation sites excluding steroid dienone is 2. The molecule has 0 N–H and O–H groups in total. The van der Waals surface area contributed by atoms with Crippen LogP contribution in [0, 0.1) is 22.7 Å². The average molecular weight is 388 g/mol. The number of carbonyl (C=O) groups is 1. The standard InChI is InChI=1S/C18H14F6N2O/c1-10-15(14(27)26(25-10)13-5-3-2-4-6-13)11-7-8-12(9-11)16(15,17(19,20)21)18(22,23)24/h2-8,11-12H,9H2,1H3/t11-,12-,15-/m0/s1. The van der Waals surface area contributed by atoms with Crippen molar-refractivity contribution in [1.29, 1.82) is 0 Å². The first kappa shape index (κ1) is 18.1. The molecule has 0 radical (unpaired) electrons. The van der Waals surface area contributed by atoms with Crippen molar-refractivity contribution in [2.75, 3.05) is 5.01 Å². The highest BCUT2D eigenvalue weighted by Gasteiger charge is 2.90. The first-order valence-electron chi connectivity index (χ1n) is 8.26. The lowest BCUT2D eigenvalue weighted by Crippen LogP contribution is -2.67. The summed E-state index contributed by atoms with van der Waals surface area (Å²) in [6, 6.07) is 7.51. The molecular formula is C18H14F6N2O. The minimum atomic E-state index is -5.67. The van der Waals surface area contributed by atoms with Gasteiger partial charge in [0.2, 0.25) is 0 Å². The molecule has 3 atom stereocenters. The molecule has 2 aliphatic carbocycles. The van der Waals surface area contributed by atoms with Crippen LogP contribution in [-0.2, 0) is 4.79 Å². The predicted molar refractivity (Wildman–Crippen MR) is 84.8 cm³/mol.